The van der Waals surface area contributed by atoms with E-state index in [1.807, 2.05) is 13.8 Å². The van der Waals surface area contributed by atoms with Crippen molar-refractivity contribution in [2.24, 2.45) is 0 Å². The third kappa shape index (κ3) is 3.53. The zero-order chi connectivity index (χ0) is 21.5. The molecule has 1 aliphatic rings. The first-order valence-electron chi connectivity index (χ1n) is 9.54. The highest BCUT2D eigenvalue weighted by Gasteiger charge is 2.30. The van der Waals surface area contributed by atoms with Gasteiger partial charge in [-0.05, 0) is 38.1 Å². The lowest BCUT2D eigenvalue weighted by Crippen LogP contribution is -2.09. The summed E-state index contributed by atoms with van der Waals surface area (Å²) < 4.78 is 18.7. The van der Waals surface area contributed by atoms with Crippen LogP contribution >= 0.6 is 7.14 Å². The highest BCUT2D eigenvalue weighted by Crippen LogP contribution is 2.45. The molecule has 2 heterocycles. The zero-order valence-electron chi connectivity index (χ0n) is 17.2. The number of nitrogens with one attached hydrogen (secondary N) is 1. The minimum Gasteiger partial charge on any atom is -0.457 e. The lowest BCUT2D eigenvalue weighted by molar-refractivity contribution is -0.110. The molecule has 2 aromatic rings. The molecule has 1 aromatic heterocycles. The fourth-order valence-electron chi connectivity index (χ4n) is 3.63. The Morgan fingerprint density at radius 3 is 2.34 bits per heavy atom. The molecule has 3 rings (SSSR count). The number of ketones is 2. The van der Waals surface area contributed by atoms with Crippen molar-refractivity contribution in [2.45, 2.75) is 34.6 Å². The molecule has 0 spiro atoms. The third-order valence-corrected chi connectivity index (χ3v) is 8.63. The van der Waals surface area contributed by atoms with Crippen molar-refractivity contribution >= 4 is 47.3 Å². The molecule has 0 unspecified atom stereocenters. The van der Waals surface area contributed by atoms with Gasteiger partial charge in [0, 0.05) is 46.9 Å². The quantitative estimate of drug-likeness (QED) is 0.427. The topological polar surface area (TPSA) is 93.4 Å². The van der Waals surface area contributed by atoms with Crippen LogP contribution in [0, 0.1) is 6.92 Å². The minimum atomic E-state index is -2.52. The van der Waals surface area contributed by atoms with Crippen LogP contribution in [0.4, 0.5) is 5.69 Å². The van der Waals surface area contributed by atoms with Crippen LogP contribution in [0.1, 0.15) is 65.5 Å². The SMILES string of the molecule is CCP(=O)(CC)c1ccc2c(c1)C(=Cc1c(C)oc(C(C)=O)c1C(C)=O)C(=O)N2. The summed E-state index contributed by atoms with van der Waals surface area (Å²) >= 11 is 0. The number of furan rings is 1. The number of aryl methyl sites for hydroxylation is 1. The summed E-state index contributed by atoms with van der Waals surface area (Å²) in [4.78, 5) is 36.7. The summed E-state index contributed by atoms with van der Waals surface area (Å²) in [5.74, 6) is -0.602. The Morgan fingerprint density at radius 2 is 1.79 bits per heavy atom. The molecular weight excluding hydrogens is 389 g/mol. The molecule has 152 valence electrons. The summed E-state index contributed by atoms with van der Waals surface area (Å²) in [6.45, 7) is 8.14. The van der Waals surface area contributed by atoms with Crippen molar-refractivity contribution in [1.82, 2.24) is 0 Å². The number of amides is 1. The van der Waals surface area contributed by atoms with E-state index in [2.05, 4.69) is 5.32 Å². The van der Waals surface area contributed by atoms with Crippen LogP contribution < -0.4 is 10.6 Å². The van der Waals surface area contributed by atoms with E-state index >= 15 is 0 Å². The van der Waals surface area contributed by atoms with Gasteiger partial charge in [-0.1, -0.05) is 13.8 Å². The van der Waals surface area contributed by atoms with Crippen molar-refractivity contribution in [3.8, 4) is 0 Å². The van der Waals surface area contributed by atoms with E-state index in [0.717, 1.165) is 5.30 Å². The number of Topliss-reactive ketones (excluding diaryl/α,β-unsaturated/α-hetero) is 2. The van der Waals surface area contributed by atoms with Crippen molar-refractivity contribution in [1.29, 1.82) is 0 Å². The number of hydrogen-bond donors (Lipinski definition) is 1. The van der Waals surface area contributed by atoms with E-state index in [1.54, 1.807) is 31.2 Å². The number of benzene rings is 1. The number of hydrogen-bond acceptors (Lipinski definition) is 5. The average Bonchev–Trinajstić information content (AvgIpc) is 3.18. The molecule has 0 bridgehead atoms. The van der Waals surface area contributed by atoms with Crippen molar-refractivity contribution < 1.29 is 23.4 Å². The van der Waals surface area contributed by atoms with Gasteiger partial charge in [-0.3, -0.25) is 14.4 Å². The number of fused-ring (bicyclic) bond motifs is 1. The second-order valence-corrected chi connectivity index (χ2v) is 10.7. The number of carbonyl (C=O) groups excluding carboxylic acids is 3. The maximum absolute atomic E-state index is 13.2. The van der Waals surface area contributed by atoms with E-state index in [4.69, 9.17) is 4.42 Å². The van der Waals surface area contributed by atoms with Gasteiger partial charge < -0.3 is 14.3 Å². The summed E-state index contributed by atoms with van der Waals surface area (Å²) in [6, 6.07) is 5.35. The van der Waals surface area contributed by atoms with Gasteiger partial charge in [0.15, 0.2) is 17.3 Å². The van der Waals surface area contributed by atoms with E-state index in [0.29, 0.717) is 40.5 Å². The average molecular weight is 413 g/mol. The van der Waals surface area contributed by atoms with E-state index in [9.17, 15) is 18.9 Å². The first-order valence-corrected chi connectivity index (χ1v) is 11.6. The molecule has 6 nitrogen and oxygen atoms in total. The Labute approximate surface area is 169 Å². The Hall–Kier alpha value is -2.72. The van der Waals surface area contributed by atoms with Gasteiger partial charge in [0.25, 0.3) is 5.91 Å². The van der Waals surface area contributed by atoms with Gasteiger partial charge in [0.05, 0.1) is 5.56 Å². The Kier molecular flexibility index (Phi) is 5.50. The maximum atomic E-state index is 13.2. The zero-order valence-corrected chi connectivity index (χ0v) is 18.1. The van der Waals surface area contributed by atoms with Gasteiger partial charge in [0.2, 0.25) is 0 Å². The Balaban J connectivity index is 2.22. The third-order valence-electron chi connectivity index (χ3n) is 5.37. The summed E-state index contributed by atoms with van der Waals surface area (Å²) in [5, 5.41) is 3.53. The second kappa shape index (κ2) is 7.60. The van der Waals surface area contributed by atoms with Gasteiger partial charge in [0.1, 0.15) is 12.9 Å². The van der Waals surface area contributed by atoms with E-state index < -0.39 is 7.14 Å². The Bertz CT molecular complexity index is 1110. The smallest absolute Gasteiger partial charge is 0.256 e. The summed E-state index contributed by atoms with van der Waals surface area (Å²) in [7, 11) is -2.52. The molecule has 29 heavy (non-hydrogen) atoms. The first-order chi connectivity index (χ1) is 13.6. The predicted molar refractivity (Wildman–Crippen MR) is 115 cm³/mol. The van der Waals surface area contributed by atoms with Crippen LogP contribution in [0.3, 0.4) is 0 Å². The van der Waals surface area contributed by atoms with Crippen LogP contribution in [-0.2, 0) is 9.36 Å². The normalized spacial score (nSPS) is 14.8. The molecule has 0 radical (unpaired) electrons. The number of carbonyl (C=O) groups is 3. The van der Waals surface area contributed by atoms with Crippen LogP contribution in [0.25, 0.3) is 11.6 Å². The van der Waals surface area contributed by atoms with Gasteiger partial charge >= 0.3 is 0 Å². The monoisotopic (exact) mass is 413 g/mol. The molecule has 7 heteroatoms. The van der Waals surface area contributed by atoms with Crippen LogP contribution in [0.5, 0.6) is 0 Å². The van der Waals surface area contributed by atoms with Crippen molar-refractivity contribution in [3.05, 3.63) is 46.4 Å². The number of anilines is 1. The lowest BCUT2D eigenvalue weighted by atomic mass is 9.99. The molecule has 1 aromatic carbocycles. The molecule has 0 saturated carbocycles. The highest BCUT2D eigenvalue weighted by atomic mass is 31.2. The fourth-order valence-corrected chi connectivity index (χ4v) is 5.52. The molecule has 1 N–H and O–H groups in total. The van der Waals surface area contributed by atoms with Gasteiger partial charge in [-0.15, -0.1) is 0 Å². The molecule has 0 fully saturated rings. The second-order valence-electron chi connectivity index (χ2n) is 7.15. The summed E-state index contributed by atoms with van der Waals surface area (Å²) in [6.07, 6.45) is 2.66. The summed E-state index contributed by atoms with van der Waals surface area (Å²) in [5.41, 5.74) is 2.20. The van der Waals surface area contributed by atoms with E-state index in [-0.39, 0.29) is 28.8 Å². The van der Waals surface area contributed by atoms with Gasteiger partial charge in [-0.2, -0.15) is 0 Å². The molecule has 1 amide bonds. The van der Waals surface area contributed by atoms with Crippen LogP contribution in [0.2, 0.25) is 0 Å². The molecule has 0 atom stereocenters. The Morgan fingerprint density at radius 1 is 1.14 bits per heavy atom. The first kappa shape index (κ1) is 21.0. The van der Waals surface area contributed by atoms with Crippen LogP contribution in [-0.4, -0.2) is 29.8 Å². The standard InChI is InChI=1S/C22H24NO5P/c1-6-29(27,7-2)15-8-9-19-17(10-15)18(22(26)23-19)11-16-14(5)28-21(13(4)25)20(16)12(3)24/h8-11H,6-7H2,1-5H3,(H,23,26). The molecular formula is C22H24NO5P. The largest absolute Gasteiger partial charge is 0.457 e. The highest BCUT2D eigenvalue weighted by molar-refractivity contribution is 7.71. The number of rotatable bonds is 6. The lowest BCUT2D eigenvalue weighted by Gasteiger charge is -2.15. The molecule has 0 saturated heterocycles. The van der Waals surface area contributed by atoms with Crippen molar-refractivity contribution in [2.75, 3.05) is 17.6 Å². The van der Waals surface area contributed by atoms with Crippen molar-refractivity contribution in [3.63, 3.8) is 0 Å². The predicted octanol–water partition coefficient (Wildman–Crippen LogP) is 4.51. The van der Waals surface area contributed by atoms with E-state index in [1.165, 1.54) is 13.8 Å². The maximum Gasteiger partial charge on any atom is 0.256 e. The van der Waals surface area contributed by atoms with Gasteiger partial charge in [-0.25, -0.2) is 0 Å². The molecule has 1 aliphatic heterocycles. The van der Waals surface area contributed by atoms with Crippen LogP contribution in [0.15, 0.2) is 22.6 Å². The minimum absolute atomic E-state index is 0.00398. The fraction of sp³-hybridized carbons (Fsp3) is 0.318. The molecule has 0 aliphatic carbocycles.